The highest BCUT2D eigenvalue weighted by atomic mass is 32.1. The summed E-state index contributed by atoms with van der Waals surface area (Å²) in [6, 6.07) is 8.85. The lowest BCUT2D eigenvalue weighted by Gasteiger charge is -2.08. The minimum absolute atomic E-state index is 0.633. The smallest absolute Gasteiger partial charge is 0.0943 e. The van der Waals surface area contributed by atoms with Crippen molar-refractivity contribution in [3.05, 3.63) is 41.0 Å². The maximum atomic E-state index is 5.54. The molecule has 1 unspecified atom stereocenters. The van der Waals surface area contributed by atoms with E-state index in [0.29, 0.717) is 12.5 Å². The maximum absolute atomic E-state index is 5.54. The van der Waals surface area contributed by atoms with Gasteiger partial charge in [-0.3, -0.25) is 0 Å². The molecule has 0 saturated carbocycles. The Morgan fingerprint density at radius 2 is 2.00 bits per heavy atom. The van der Waals surface area contributed by atoms with Crippen molar-refractivity contribution in [2.45, 2.75) is 32.6 Å². The van der Waals surface area contributed by atoms with Crippen molar-refractivity contribution in [1.29, 1.82) is 0 Å². The Hall–Kier alpha value is -1.19. The Morgan fingerprint density at radius 3 is 2.61 bits per heavy atom. The average Bonchev–Trinajstić information content (AvgIpc) is 2.87. The Kier molecular flexibility index (Phi) is 4.50. The van der Waals surface area contributed by atoms with Crippen molar-refractivity contribution in [2.24, 2.45) is 5.73 Å². The molecule has 0 aliphatic rings. The minimum Gasteiger partial charge on any atom is -0.330 e. The molecule has 1 aromatic carbocycles. The van der Waals surface area contributed by atoms with Gasteiger partial charge < -0.3 is 5.73 Å². The first-order valence-electron chi connectivity index (χ1n) is 6.49. The molecular weight excluding hydrogens is 240 g/mol. The normalized spacial score (nSPS) is 12.6. The van der Waals surface area contributed by atoms with Crippen LogP contribution in [-0.4, -0.2) is 11.5 Å². The lowest BCUT2D eigenvalue weighted by molar-refractivity contribution is 0.734. The van der Waals surface area contributed by atoms with Gasteiger partial charge in [0, 0.05) is 12.6 Å². The van der Waals surface area contributed by atoms with Crippen LogP contribution in [-0.2, 0) is 6.42 Å². The van der Waals surface area contributed by atoms with Gasteiger partial charge in [0.15, 0.2) is 0 Å². The van der Waals surface area contributed by atoms with Gasteiger partial charge in [0.25, 0.3) is 0 Å². The standard InChI is InChI=1S/C15H20N2S/c1-3-11(2)12-4-6-13(7-5-12)14-10-17-15(18-14)8-9-16/h4-7,10-11H,3,8-9,16H2,1-2H3. The minimum atomic E-state index is 0.633. The number of nitrogens with two attached hydrogens (primary N) is 1. The number of nitrogens with zero attached hydrogens (tertiary/aromatic N) is 1. The quantitative estimate of drug-likeness (QED) is 0.887. The van der Waals surface area contributed by atoms with Crippen LogP contribution in [0.1, 0.15) is 36.8 Å². The first-order chi connectivity index (χ1) is 8.74. The number of rotatable bonds is 5. The van der Waals surface area contributed by atoms with E-state index in [-0.39, 0.29) is 0 Å². The predicted octanol–water partition coefficient (Wildman–Crippen LogP) is 3.82. The molecule has 2 nitrogen and oxygen atoms in total. The van der Waals surface area contributed by atoms with Gasteiger partial charge in [0.1, 0.15) is 0 Å². The van der Waals surface area contributed by atoms with E-state index >= 15 is 0 Å². The predicted molar refractivity (Wildman–Crippen MR) is 79.0 cm³/mol. The monoisotopic (exact) mass is 260 g/mol. The molecule has 0 aliphatic carbocycles. The molecule has 96 valence electrons. The molecule has 1 heterocycles. The summed E-state index contributed by atoms with van der Waals surface area (Å²) in [5, 5.41) is 1.12. The third-order valence-corrected chi connectivity index (χ3v) is 4.39. The summed E-state index contributed by atoms with van der Waals surface area (Å²) >= 11 is 1.74. The molecule has 1 atom stereocenters. The first kappa shape index (κ1) is 13.2. The van der Waals surface area contributed by atoms with E-state index in [9.17, 15) is 0 Å². The summed E-state index contributed by atoms with van der Waals surface area (Å²) in [7, 11) is 0. The van der Waals surface area contributed by atoms with Crippen LogP contribution in [0.4, 0.5) is 0 Å². The fraction of sp³-hybridized carbons (Fsp3) is 0.400. The zero-order valence-corrected chi connectivity index (χ0v) is 11.8. The largest absolute Gasteiger partial charge is 0.330 e. The number of benzene rings is 1. The molecule has 0 amide bonds. The van der Waals surface area contributed by atoms with Crippen molar-refractivity contribution in [3.8, 4) is 10.4 Å². The van der Waals surface area contributed by atoms with E-state index in [1.807, 2.05) is 6.20 Å². The second-order valence-corrected chi connectivity index (χ2v) is 5.70. The van der Waals surface area contributed by atoms with Crippen molar-refractivity contribution in [3.63, 3.8) is 0 Å². The Balaban J connectivity index is 2.17. The molecule has 2 aromatic rings. The highest BCUT2D eigenvalue weighted by Gasteiger charge is 2.06. The molecular formula is C15H20N2S. The molecule has 0 bridgehead atoms. The second kappa shape index (κ2) is 6.12. The molecule has 0 radical (unpaired) electrons. The molecule has 18 heavy (non-hydrogen) atoms. The SMILES string of the molecule is CCC(C)c1ccc(-c2cnc(CCN)s2)cc1. The zero-order chi connectivity index (χ0) is 13.0. The highest BCUT2D eigenvalue weighted by Crippen LogP contribution is 2.28. The molecule has 0 spiro atoms. The lowest BCUT2D eigenvalue weighted by Crippen LogP contribution is -2.01. The molecule has 1 aromatic heterocycles. The van der Waals surface area contributed by atoms with Gasteiger partial charge >= 0.3 is 0 Å². The van der Waals surface area contributed by atoms with E-state index in [4.69, 9.17) is 5.73 Å². The molecule has 2 rings (SSSR count). The van der Waals surface area contributed by atoms with E-state index in [1.54, 1.807) is 11.3 Å². The summed E-state index contributed by atoms with van der Waals surface area (Å²) in [5.74, 6) is 0.633. The lowest BCUT2D eigenvalue weighted by atomic mass is 9.97. The van der Waals surface area contributed by atoms with Crippen molar-refractivity contribution in [1.82, 2.24) is 4.98 Å². The zero-order valence-electron chi connectivity index (χ0n) is 11.0. The van der Waals surface area contributed by atoms with Crippen LogP contribution in [0.25, 0.3) is 10.4 Å². The fourth-order valence-electron chi connectivity index (χ4n) is 1.89. The van der Waals surface area contributed by atoms with Crippen LogP contribution in [0.3, 0.4) is 0 Å². The molecule has 0 aliphatic heterocycles. The van der Waals surface area contributed by atoms with Gasteiger partial charge in [-0.2, -0.15) is 0 Å². The van der Waals surface area contributed by atoms with Gasteiger partial charge in [-0.15, -0.1) is 11.3 Å². The van der Waals surface area contributed by atoms with Crippen molar-refractivity contribution in [2.75, 3.05) is 6.54 Å². The summed E-state index contributed by atoms with van der Waals surface area (Å²) in [4.78, 5) is 5.63. The van der Waals surface area contributed by atoms with E-state index in [1.165, 1.54) is 22.4 Å². The fourth-order valence-corrected chi connectivity index (χ4v) is 2.83. The number of aromatic nitrogens is 1. The van der Waals surface area contributed by atoms with Crippen LogP contribution in [0, 0.1) is 0 Å². The van der Waals surface area contributed by atoms with Gasteiger partial charge in [0.05, 0.1) is 9.88 Å². The van der Waals surface area contributed by atoms with Crippen LogP contribution in [0.5, 0.6) is 0 Å². The topological polar surface area (TPSA) is 38.9 Å². The van der Waals surface area contributed by atoms with E-state index in [0.717, 1.165) is 11.4 Å². The Bertz CT molecular complexity index is 487. The molecule has 2 N–H and O–H groups in total. The van der Waals surface area contributed by atoms with Crippen LogP contribution < -0.4 is 5.73 Å². The van der Waals surface area contributed by atoms with E-state index < -0.39 is 0 Å². The molecule has 0 fully saturated rings. The second-order valence-electron chi connectivity index (χ2n) is 4.59. The number of thiazole rings is 1. The highest BCUT2D eigenvalue weighted by molar-refractivity contribution is 7.15. The van der Waals surface area contributed by atoms with Gasteiger partial charge in [-0.25, -0.2) is 4.98 Å². The van der Waals surface area contributed by atoms with Crippen molar-refractivity contribution < 1.29 is 0 Å². The van der Waals surface area contributed by atoms with Crippen LogP contribution in [0.2, 0.25) is 0 Å². The van der Waals surface area contributed by atoms with Crippen LogP contribution in [0.15, 0.2) is 30.5 Å². The summed E-state index contributed by atoms with van der Waals surface area (Å²) in [6.07, 6.45) is 4.00. The van der Waals surface area contributed by atoms with E-state index in [2.05, 4.69) is 43.1 Å². The average molecular weight is 260 g/mol. The molecule has 0 saturated heterocycles. The Morgan fingerprint density at radius 1 is 1.28 bits per heavy atom. The summed E-state index contributed by atoms with van der Waals surface area (Å²) in [6.45, 7) is 5.15. The van der Waals surface area contributed by atoms with Crippen LogP contribution >= 0.6 is 11.3 Å². The van der Waals surface area contributed by atoms with Gasteiger partial charge in [-0.05, 0) is 30.0 Å². The van der Waals surface area contributed by atoms with Gasteiger partial charge in [0.2, 0.25) is 0 Å². The van der Waals surface area contributed by atoms with Crippen molar-refractivity contribution >= 4 is 11.3 Å². The van der Waals surface area contributed by atoms with Gasteiger partial charge in [-0.1, -0.05) is 38.1 Å². The Labute approximate surface area is 113 Å². The number of hydrogen-bond acceptors (Lipinski definition) is 3. The summed E-state index contributed by atoms with van der Waals surface area (Å²) in [5.41, 5.74) is 8.21. The maximum Gasteiger partial charge on any atom is 0.0943 e. The third-order valence-electron chi connectivity index (χ3n) is 3.29. The number of hydrogen-bond donors (Lipinski definition) is 1. The third kappa shape index (κ3) is 2.98. The first-order valence-corrected chi connectivity index (χ1v) is 7.31. The molecule has 3 heteroatoms. The summed E-state index contributed by atoms with van der Waals surface area (Å²) < 4.78 is 0.